The van der Waals surface area contributed by atoms with Crippen molar-refractivity contribution in [2.45, 2.75) is 168 Å². The van der Waals surface area contributed by atoms with Crippen molar-refractivity contribution in [1.82, 2.24) is 21.4 Å². The molecular weight excluding hydrogens is 520 g/mol. The van der Waals surface area contributed by atoms with Crippen LogP contribution in [0.15, 0.2) is 0 Å². The zero-order valence-corrected chi connectivity index (χ0v) is 26.3. The average Bonchev–Trinajstić information content (AvgIpc) is 2.93. The number of hydrazine groups is 1. The van der Waals surface area contributed by atoms with E-state index in [0.29, 0.717) is 38.8 Å². The molecule has 0 unspecified atom stereocenters. The van der Waals surface area contributed by atoms with Gasteiger partial charge in [-0.25, -0.2) is 10.1 Å². The lowest BCUT2D eigenvalue weighted by atomic mass is 10.0. The molecule has 0 aromatic heterocycles. The summed E-state index contributed by atoms with van der Waals surface area (Å²) >= 11 is 0. The minimum absolute atomic E-state index is 0.0825. The van der Waals surface area contributed by atoms with Crippen LogP contribution in [-0.4, -0.2) is 41.9 Å². The van der Waals surface area contributed by atoms with E-state index in [-0.39, 0.29) is 17.8 Å². The number of hydrogen-bond acceptors (Lipinski definition) is 5. The first-order valence-electron chi connectivity index (χ1n) is 16.7. The van der Waals surface area contributed by atoms with Gasteiger partial charge in [-0.05, 0) is 32.1 Å². The number of rotatable bonds is 29. The molecule has 0 rings (SSSR count). The highest BCUT2D eigenvalue weighted by Crippen LogP contribution is 2.14. The van der Waals surface area contributed by atoms with Gasteiger partial charge in [0.25, 0.3) is 5.96 Å². The van der Waals surface area contributed by atoms with Gasteiger partial charge < -0.3 is 16.0 Å². The van der Waals surface area contributed by atoms with Gasteiger partial charge in [-0.15, -0.1) is 0 Å². The summed E-state index contributed by atoms with van der Waals surface area (Å²) in [5, 5.41) is 25.5. The third-order valence-electron chi connectivity index (χ3n) is 7.41. The highest BCUT2D eigenvalue weighted by Gasteiger charge is 2.20. The zero-order valence-electron chi connectivity index (χ0n) is 26.3. The first-order valence-corrected chi connectivity index (χ1v) is 16.7. The van der Waals surface area contributed by atoms with E-state index >= 15 is 0 Å². The predicted octanol–water partition coefficient (Wildman–Crippen LogP) is 6.91. The second-order valence-electron chi connectivity index (χ2n) is 11.3. The second-order valence-corrected chi connectivity index (χ2v) is 11.3. The Bertz CT molecular complexity index is 677. The molecule has 0 saturated heterocycles. The number of nitrogens with one attached hydrogen (secondary N) is 5. The van der Waals surface area contributed by atoms with Crippen molar-refractivity contribution >= 4 is 17.8 Å². The minimum Gasteiger partial charge on any atom is -0.354 e. The summed E-state index contributed by atoms with van der Waals surface area (Å²) in [4.78, 5) is 35.7. The van der Waals surface area contributed by atoms with Crippen molar-refractivity contribution in [1.29, 1.82) is 5.41 Å². The quantitative estimate of drug-likeness (QED) is 0.0213. The second kappa shape index (κ2) is 29.1. The molecule has 10 nitrogen and oxygen atoms in total. The van der Waals surface area contributed by atoms with Gasteiger partial charge in [0, 0.05) is 19.5 Å². The van der Waals surface area contributed by atoms with Crippen molar-refractivity contribution in [2.24, 2.45) is 0 Å². The maximum Gasteiger partial charge on any atom is 0.251 e. The van der Waals surface area contributed by atoms with Crippen LogP contribution in [0.4, 0.5) is 0 Å². The SMILES string of the molecule is CCCCCCCCCCCCCCCCCC(=O)N[C@@H](CCCCNC(=N)N[N+](=O)[O-])C(=O)NCCCCCC. The number of hydrogen-bond donors (Lipinski definition) is 5. The highest BCUT2D eigenvalue weighted by atomic mass is 16.7. The number of unbranched alkanes of at least 4 members (excludes halogenated alkanes) is 18. The van der Waals surface area contributed by atoms with E-state index in [1.807, 2.05) is 0 Å². The van der Waals surface area contributed by atoms with Crippen LogP contribution >= 0.6 is 0 Å². The molecule has 0 aromatic carbocycles. The van der Waals surface area contributed by atoms with Crippen LogP contribution in [0.5, 0.6) is 0 Å². The van der Waals surface area contributed by atoms with Crippen molar-refractivity contribution in [3.05, 3.63) is 10.1 Å². The van der Waals surface area contributed by atoms with E-state index in [9.17, 15) is 19.7 Å². The van der Waals surface area contributed by atoms with Crippen LogP contribution in [0.1, 0.15) is 162 Å². The lowest BCUT2D eigenvalue weighted by molar-refractivity contribution is -0.525. The van der Waals surface area contributed by atoms with Crippen LogP contribution < -0.4 is 21.4 Å². The Balaban J connectivity index is 4.09. The van der Waals surface area contributed by atoms with Crippen LogP contribution in [0.25, 0.3) is 0 Å². The van der Waals surface area contributed by atoms with E-state index in [0.717, 1.165) is 44.9 Å². The van der Waals surface area contributed by atoms with Gasteiger partial charge in [-0.2, -0.15) is 0 Å². The predicted molar refractivity (Wildman–Crippen MR) is 168 cm³/mol. The van der Waals surface area contributed by atoms with Gasteiger partial charge in [0.05, 0.1) is 0 Å². The fourth-order valence-electron chi connectivity index (χ4n) is 4.90. The smallest absolute Gasteiger partial charge is 0.251 e. The molecule has 2 amide bonds. The maximum absolute atomic E-state index is 12.8. The third-order valence-corrected chi connectivity index (χ3v) is 7.41. The first kappa shape index (κ1) is 38.6. The van der Waals surface area contributed by atoms with Crippen LogP contribution in [0.2, 0.25) is 0 Å². The molecule has 41 heavy (non-hydrogen) atoms. The summed E-state index contributed by atoms with van der Waals surface area (Å²) in [6.45, 7) is 5.39. The van der Waals surface area contributed by atoms with E-state index in [1.165, 1.54) is 77.0 Å². The summed E-state index contributed by atoms with van der Waals surface area (Å²) in [5.41, 5.74) is 1.75. The molecule has 10 heteroatoms. The molecule has 0 spiro atoms. The summed E-state index contributed by atoms with van der Waals surface area (Å²) < 4.78 is 0. The number of carbonyl (C=O) groups is 2. The first-order chi connectivity index (χ1) is 19.9. The Kier molecular flexibility index (Phi) is 27.4. The molecule has 0 aliphatic heterocycles. The van der Waals surface area contributed by atoms with Crippen LogP contribution in [0.3, 0.4) is 0 Å². The van der Waals surface area contributed by atoms with E-state index in [2.05, 4.69) is 29.8 Å². The lowest BCUT2D eigenvalue weighted by Crippen LogP contribution is -2.47. The molecule has 0 aliphatic carbocycles. The molecule has 0 heterocycles. The van der Waals surface area contributed by atoms with Crippen LogP contribution in [0, 0.1) is 15.5 Å². The number of nitrogens with zero attached hydrogens (tertiary/aromatic N) is 1. The largest absolute Gasteiger partial charge is 0.354 e. The highest BCUT2D eigenvalue weighted by molar-refractivity contribution is 5.87. The number of amides is 2. The minimum atomic E-state index is -0.787. The van der Waals surface area contributed by atoms with Crippen molar-refractivity contribution in [3.8, 4) is 0 Å². The van der Waals surface area contributed by atoms with Gasteiger partial charge in [0.1, 0.15) is 6.04 Å². The third kappa shape index (κ3) is 27.5. The van der Waals surface area contributed by atoms with Gasteiger partial charge in [-0.3, -0.25) is 15.0 Å². The number of guanidine groups is 1. The molecular formula is C31H62N6O4. The zero-order chi connectivity index (χ0) is 30.4. The summed E-state index contributed by atoms with van der Waals surface area (Å²) in [6.07, 6.45) is 25.7. The Hall–Kier alpha value is -2.39. The number of nitro groups is 1. The normalized spacial score (nSPS) is 11.6. The van der Waals surface area contributed by atoms with E-state index in [1.54, 1.807) is 5.43 Å². The Morgan fingerprint density at radius 1 is 0.659 bits per heavy atom. The number of carbonyl (C=O) groups excluding carboxylic acids is 2. The molecule has 0 fully saturated rings. The molecule has 0 radical (unpaired) electrons. The fourth-order valence-corrected chi connectivity index (χ4v) is 4.90. The molecule has 0 aromatic rings. The maximum atomic E-state index is 12.8. The Labute approximate surface area is 250 Å². The topological polar surface area (TPSA) is 149 Å². The summed E-state index contributed by atoms with van der Waals surface area (Å²) in [6, 6.07) is -0.582. The standard InChI is InChI=1S/C31H62N6O4/c1-3-5-7-9-10-11-12-13-14-15-16-17-18-19-20-25-29(38)35-28(30(39)33-26-22-8-6-4-2)24-21-23-27-34-31(32)36-37(40)41/h28H,3-27H2,1-2H3,(H,33,39)(H,35,38)(H3,32,34,36)/t28-/m0/s1. The molecule has 1 atom stereocenters. The monoisotopic (exact) mass is 582 g/mol. The molecule has 5 N–H and O–H groups in total. The van der Waals surface area contributed by atoms with Crippen molar-refractivity contribution < 1.29 is 14.6 Å². The van der Waals surface area contributed by atoms with Gasteiger partial charge >= 0.3 is 0 Å². The molecule has 0 bridgehead atoms. The molecule has 240 valence electrons. The fraction of sp³-hybridized carbons (Fsp3) is 0.903. The van der Waals surface area contributed by atoms with E-state index < -0.39 is 11.1 Å². The van der Waals surface area contributed by atoms with Gasteiger partial charge in [0.2, 0.25) is 11.8 Å². The van der Waals surface area contributed by atoms with Gasteiger partial charge in [0.15, 0.2) is 5.03 Å². The summed E-state index contributed by atoms with van der Waals surface area (Å²) in [5.74, 6) is -0.601. The van der Waals surface area contributed by atoms with Crippen LogP contribution in [-0.2, 0) is 9.59 Å². The molecule has 0 saturated carbocycles. The Morgan fingerprint density at radius 2 is 1.10 bits per heavy atom. The van der Waals surface area contributed by atoms with Crippen molar-refractivity contribution in [3.63, 3.8) is 0 Å². The Morgan fingerprint density at radius 3 is 1.61 bits per heavy atom. The average molecular weight is 583 g/mol. The van der Waals surface area contributed by atoms with E-state index in [4.69, 9.17) is 5.41 Å². The van der Waals surface area contributed by atoms with Crippen molar-refractivity contribution in [2.75, 3.05) is 13.1 Å². The van der Waals surface area contributed by atoms with Gasteiger partial charge in [-0.1, -0.05) is 128 Å². The summed E-state index contributed by atoms with van der Waals surface area (Å²) in [7, 11) is 0. The lowest BCUT2D eigenvalue weighted by Gasteiger charge is -2.19. The molecule has 0 aliphatic rings.